The Labute approximate surface area is 274 Å². The first-order valence-corrected chi connectivity index (χ1v) is 16.6. The smallest absolute Gasteiger partial charge is 0.274 e. The Morgan fingerprint density at radius 2 is 1.64 bits per heavy atom. The molecule has 4 aromatic rings. The lowest BCUT2D eigenvalue weighted by Gasteiger charge is -2.48. The molecule has 2 aromatic heterocycles. The lowest BCUT2D eigenvalue weighted by Crippen LogP contribution is -2.64. The Kier molecular flexibility index (Phi) is 8.24. The number of hydrogen-bond acceptors (Lipinski definition) is 6. The Hall–Kier alpha value is -3.21. The summed E-state index contributed by atoms with van der Waals surface area (Å²) in [6.45, 7) is 4.19. The number of rotatable bonds is 5. The van der Waals surface area contributed by atoms with Crippen LogP contribution in [-0.4, -0.2) is 86.6 Å². The summed E-state index contributed by atoms with van der Waals surface area (Å²) < 4.78 is 1.82. The molecule has 226 valence electrons. The monoisotopic (exact) mass is 666 g/mol. The number of carbonyl (C=O) groups excluding carboxylic acids is 2. The Balaban J connectivity index is 1.12. The largest absolute Gasteiger partial charge is 0.335 e. The molecule has 2 fully saturated rings. The third-order valence-corrected chi connectivity index (χ3v) is 10.2. The van der Waals surface area contributed by atoms with Crippen molar-refractivity contribution in [3.8, 4) is 5.69 Å². The van der Waals surface area contributed by atoms with Crippen LogP contribution in [0.1, 0.15) is 49.8 Å². The fraction of sp³-hybridized carbons (Fsp3) is 0.312. The second-order valence-electron chi connectivity index (χ2n) is 11.3. The van der Waals surface area contributed by atoms with Crippen LogP contribution in [0.4, 0.5) is 0 Å². The molecule has 3 aliphatic rings. The summed E-state index contributed by atoms with van der Waals surface area (Å²) in [5.74, 6) is -0.0173. The van der Waals surface area contributed by atoms with Crippen molar-refractivity contribution in [1.82, 2.24) is 29.5 Å². The summed E-state index contributed by atoms with van der Waals surface area (Å²) >= 11 is 20.4. The topological polar surface area (TPSA) is 74.6 Å². The number of thiazole rings is 1. The average molecular weight is 668 g/mol. The van der Waals surface area contributed by atoms with E-state index in [1.54, 1.807) is 23.8 Å². The van der Waals surface area contributed by atoms with Crippen LogP contribution in [0, 0.1) is 0 Å². The number of allylic oxidation sites excluding steroid dienone is 1. The number of carbonyl (C=O) groups is 2. The lowest BCUT2D eigenvalue weighted by atomic mass is 9.89. The lowest BCUT2D eigenvalue weighted by molar-refractivity contribution is 0.00824. The molecule has 44 heavy (non-hydrogen) atoms. The van der Waals surface area contributed by atoms with E-state index >= 15 is 0 Å². The third kappa shape index (κ3) is 5.68. The van der Waals surface area contributed by atoms with Gasteiger partial charge in [-0.15, -0.1) is 11.3 Å². The van der Waals surface area contributed by atoms with Crippen LogP contribution in [0.15, 0.2) is 54.2 Å². The zero-order chi connectivity index (χ0) is 30.4. The van der Waals surface area contributed by atoms with E-state index in [2.05, 4.69) is 16.0 Å². The molecule has 8 nitrogen and oxygen atoms in total. The number of halogens is 3. The van der Waals surface area contributed by atoms with Crippen molar-refractivity contribution >= 4 is 69.6 Å². The molecule has 2 aliphatic heterocycles. The van der Waals surface area contributed by atoms with E-state index in [1.807, 2.05) is 44.8 Å². The SMILES string of the molecule is O=C(c1cncs1)N1CCN(C2CN(C(=O)c3nn(-c4ccc(Cl)cc4Cl)c4c3CCC/C4=C\c3ccc(Cl)cc3)C2)CC1. The van der Waals surface area contributed by atoms with Crippen LogP contribution >= 0.6 is 46.1 Å². The first-order chi connectivity index (χ1) is 21.4. The van der Waals surface area contributed by atoms with Gasteiger partial charge in [0.25, 0.3) is 11.8 Å². The third-order valence-electron chi connectivity index (χ3n) is 8.62. The van der Waals surface area contributed by atoms with E-state index in [0.717, 1.165) is 54.7 Å². The normalized spacial score (nSPS) is 18.4. The molecule has 1 aliphatic carbocycles. The zero-order valence-electron chi connectivity index (χ0n) is 23.8. The molecule has 2 saturated heterocycles. The Bertz CT molecular complexity index is 1740. The highest BCUT2D eigenvalue weighted by Crippen LogP contribution is 2.38. The van der Waals surface area contributed by atoms with Crippen LogP contribution in [0.5, 0.6) is 0 Å². The standard InChI is InChI=1S/C32H29Cl3N6O2S/c33-22-6-4-20(5-7-22)14-21-2-1-3-25-29(37-41(30(21)25)27-9-8-23(34)15-26(27)35)32(43)40-17-24(18-40)38-10-12-39(13-11-38)31(42)28-16-36-19-44-28/h4-9,14-16,19,24H,1-3,10-13,17-18H2/b21-14+. The summed E-state index contributed by atoms with van der Waals surface area (Å²) in [7, 11) is 0. The quantitative estimate of drug-likeness (QED) is 0.245. The van der Waals surface area contributed by atoms with Gasteiger partial charge in [-0.25, -0.2) is 4.68 Å². The maximum Gasteiger partial charge on any atom is 0.274 e. The molecule has 12 heteroatoms. The number of likely N-dealkylation sites (tertiary alicyclic amines) is 1. The minimum atomic E-state index is -0.0620. The molecule has 0 radical (unpaired) electrons. The summed E-state index contributed by atoms with van der Waals surface area (Å²) in [6.07, 6.45) is 6.30. The summed E-state index contributed by atoms with van der Waals surface area (Å²) in [4.78, 5) is 37.5. The second-order valence-corrected chi connectivity index (χ2v) is 13.5. The molecule has 2 aromatic carbocycles. The summed E-state index contributed by atoms with van der Waals surface area (Å²) in [5, 5.41) is 6.61. The number of nitrogens with zero attached hydrogens (tertiary/aromatic N) is 6. The molecular formula is C32H29Cl3N6O2S. The van der Waals surface area contributed by atoms with Gasteiger partial charge in [0.15, 0.2) is 5.69 Å². The molecule has 0 spiro atoms. The Morgan fingerprint density at radius 3 is 2.34 bits per heavy atom. The van der Waals surface area contributed by atoms with E-state index in [4.69, 9.17) is 39.9 Å². The van der Waals surface area contributed by atoms with Crippen LogP contribution in [0.3, 0.4) is 0 Å². The van der Waals surface area contributed by atoms with E-state index in [0.29, 0.717) is 57.5 Å². The average Bonchev–Trinajstić information content (AvgIpc) is 3.67. The summed E-state index contributed by atoms with van der Waals surface area (Å²) in [5.41, 5.74) is 6.83. The molecule has 0 N–H and O–H groups in total. The highest BCUT2D eigenvalue weighted by Gasteiger charge is 2.40. The number of aromatic nitrogens is 3. The van der Waals surface area contributed by atoms with E-state index in [-0.39, 0.29) is 17.9 Å². The summed E-state index contributed by atoms with van der Waals surface area (Å²) in [6, 6.07) is 13.3. The predicted molar refractivity (Wildman–Crippen MR) is 175 cm³/mol. The first kappa shape index (κ1) is 29.5. The molecule has 4 heterocycles. The van der Waals surface area contributed by atoms with Gasteiger partial charge in [0.2, 0.25) is 0 Å². The van der Waals surface area contributed by atoms with E-state index in [1.165, 1.54) is 11.3 Å². The van der Waals surface area contributed by atoms with Gasteiger partial charge >= 0.3 is 0 Å². The molecule has 2 amide bonds. The van der Waals surface area contributed by atoms with Gasteiger partial charge in [0.1, 0.15) is 4.88 Å². The van der Waals surface area contributed by atoms with Crippen LogP contribution < -0.4 is 0 Å². The van der Waals surface area contributed by atoms with Gasteiger partial charge < -0.3 is 9.80 Å². The second kappa shape index (κ2) is 12.3. The fourth-order valence-corrected chi connectivity index (χ4v) is 7.46. The number of amides is 2. The van der Waals surface area contributed by atoms with E-state index < -0.39 is 0 Å². The van der Waals surface area contributed by atoms with Crippen molar-refractivity contribution in [2.24, 2.45) is 0 Å². The van der Waals surface area contributed by atoms with Crippen molar-refractivity contribution in [1.29, 1.82) is 0 Å². The molecule has 0 atom stereocenters. The van der Waals surface area contributed by atoms with Gasteiger partial charge in [-0.1, -0.05) is 46.9 Å². The first-order valence-electron chi connectivity index (χ1n) is 14.6. The number of piperazine rings is 1. The van der Waals surface area contributed by atoms with Crippen LogP contribution in [0.2, 0.25) is 15.1 Å². The highest BCUT2D eigenvalue weighted by molar-refractivity contribution is 7.11. The molecule has 7 rings (SSSR count). The minimum Gasteiger partial charge on any atom is -0.335 e. The molecule has 0 unspecified atom stereocenters. The maximum absolute atomic E-state index is 14.0. The molecule has 0 bridgehead atoms. The molecular weight excluding hydrogens is 639 g/mol. The van der Waals surface area contributed by atoms with Crippen molar-refractivity contribution < 1.29 is 9.59 Å². The predicted octanol–water partition coefficient (Wildman–Crippen LogP) is 6.45. The molecule has 0 saturated carbocycles. The minimum absolute atomic E-state index is 0.0446. The van der Waals surface area contributed by atoms with Gasteiger partial charge in [0, 0.05) is 60.9 Å². The van der Waals surface area contributed by atoms with Gasteiger partial charge in [-0.2, -0.15) is 5.10 Å². The van der Waals surface area contributed by atoms with E-state index in [9.17, 15) is 9.59 Å². The maximum atomic E-state index is 14.0. The van der Waals surface area contributed by atoms with Crippen molar-refractivity contribution in [2.75, 3.05) is 39.3 Å². The highest BCUT2D eigenvalue weighted by atomic mass is 35.5. The Morgan fingerprint density at radius 1 is 0.886 bits per heavy atom. The zero-order valence-corrected chi connectivity index (χ0v) is 26.8. The van der Waals surface area contributed by atoms with Gasteiger partial charge in [-0.3, -0.25) is 19.5 Å². The van der Waals surface area contributed by atoms with Crippen LogP contribution in [0.25, 0.3) is 17.3 Å². The number of fused-ring (bicyclic) bond motifs is 1. The van der Waals surface area contributed by atoms with Gasteiger partial charge in [0.05, 0.1) is 28.1 Å². The van der Waals surface area contributed by atoms with Gasteiger partial charge in [-0.05, 0) is 66.8 Å². The fourth-order valence-electron chi connectivity index (χ4n) is 6.26. The van der Waals surface area contributed by atoms with Crippen molar-refractivity contribution in [3.05, 3.63) is 96.6 Å². The number of hydrogen-bond donors (Lipinski definition) is 0. The van der Waals surface area contributed by atoms with Crippen molar-refractivity contribution in [2.45, 2.75) is 25.3 Å². The number of benzene rings is 2. The van der Waals surface area contributed by atoms with Crippen LogP contribution in [-0.2, 0) is 6.42 Å². The van der Waals surface area contributed by atoms with Crippen molar-refractivity contribution in [3.63, 3.8) is 0 Å².